The lowest BCUT2D eigenvalue weighted by molar-refractivity contribution is -0.144. The number of rotatable bonds is 1. The normalized spacial score (nSPS) is 40.3. The Hall–Kier alpha value is -1.04. The minimum absolute atomic E-state index is 0.0822. The molecule has 116 valence electrons. The lowest BCUT2D eigenvalue weighted by atomic mass is 9.63. The van der Waals surface area contributed by atoms with Crippen LogP contribution in [0.4, 0.5) is 0 Å². The molecule has 0 spiro atoms. The maximum Gasteiger partial charge on any atom is 0.269 e. The molecule has 3 aliphatic heterocycles. The Morgan fingerprint density at radius 3 is 2.19 bits per heavy atom. The zero-order valence-corrected chi connectivity index (χ0v) is 13.1. The van der Waals surface area contributed by atoms with Gasteiger partial charge in [-0.15, -0.1) is 0 Å². The van der Waals surface area contributed by atoms with Gasteiger partial charge in [-0.25, -0.2) is 8.42 Å². The van der Waals surface area contributed by atoms with Crippen molar-refractivity contribution < 1.29 is 17.9 Å². The Labute approximate surface area is 125 Å². The van der Waals surface area contributed by atoms with E-state index in [9.17, 15) is 13.2 Å². The minimum Gasteiger partial charge on any atom is -0.496 e. The summed E-state index contributed by atoms with van der Waals surface area (Å²) in [4.78, 5) is 14.7. The third-order valence-electron chi connectivity index (χ3n) is 5.61. The minimum atomic E-state index is -3.49. The number of carbonyl (C=O) groups excluding carboxylic acids is 1. The van der Waals surface area contributed by atoms with Crippen LogP contribution in [0.1, 0.15) is 39.0 Å². The lowest BCUT2D eigenvalue weighted by Gasteiger charge is -2.56. The second-order valence-electron chi connectivity index (χ2n) is 6.98. The Morgan fingerprint density at radius 2 is 1.67 bits per heavy atom. The van der Waals surface area contributed by atoms with Crippen LogP contribution in [0.2, 0.25) is 0 Å². The highest BCUT2D eigenvalue weighted by atomic mass is 32.2. The Kier molecular flexibility index (Phi) is 2.90. The molecule has 0 aromatic heterocycles. The first-order valence-electron chi connectivity index (χ1n) is 7.85. The summed E-state index contributed by atoms with van der Waals surface area (Å²) in [5, 5.41) is 0. The fourth-order valence-electron chi connectivity index (χ4n) is 4.96. The number of piperidine rings is 2. The largest absolute Gasteiger partial charge is 0.496 e. The number of carbonyl (C=O) groups is 1. The summed E-state index contributed by atoms with van der Waals surface area (Å²) in [6.45, 7) is 1.75. The van der Waals surface area contributed by atoms with Crippen LogP contribution in [0.15, 0.2) is 10.7 Å². The zero-order chi connectivity index (χ0) is 14.8. The number of ether oxygens (including phenoxy) is 1. The third-order valence-corrected chi connectivity index (χ3v) is 7.39. The highest BCUT2D eigenvalue weighted by molar-refractivity contribution is 7.96. The van der Waals surface area contributed by atoms with Crippen molar-refractivity contribution in [3.05, 3.63) is 10.7 Å². The quantitative estimate of drug-likeness (QED) is 0.735. The molecule has 2 saturated carbocycles. The molecule has 3 heterocycles. The van der Waals surface area contributed by atoms with Gasteiger partial charge in [-0.2, -0.15) is 0 Å². The molecule has 21 heavy (non-hydrogen) atoms. The van der Waals surface area contributed by atoms with E-state index in [1.165, 1.54) is 6.42 Å². The van der Waals surface area contributed by atoms with Crippen molar-refractivity contribution in [2.24, 2.45) is 11.8 Å². The highest BCUT2D eigenvalue weighted by Gasteiger charge is 2.50. The van der Waals surface area contributed by atoms with E-state index < -0.39 is 9.84 Å². The van der Waals surface area contributed by atoms with Crippen molar-refractivity contribution in [3.8, 4) is 0 Å². The topological polar surface area (TPSA) is 63.7 Å². The summed E-state index contributed by atoms with van der Waals surface area (Å²) in [5.74, 6) is 1.37. The molecular formula is C15H21NO4S. The number of allylic oxidation sites excluding steroid dienone is 1. The van der Waals surface area contributed by atoms with Crippen LogP contribution < -0.4 is 0 Å². The molecule has 2 saturated heterocycles. The van der Waals surface area contributed by atoms with E-state index in [4.69, 9.17) is 4.74 Å². The van der Waals surface area contributed by atoms with E-state index in [0.717, 1.165) is 37.5 Å². The number of nitrogens with zero attached hydrogens (tertiary/aromatic N) is 1. The molecule has 0 aromatic rings. The molecule has 0 atom stereocenters. The smallest absolute Gasteiger partial charge is 0.269 e. The van der Waals surface area contributed by atoms with E-state index in [0.29, 0.717) is 0 Å². The molecule has 4 bridgehead atoms. The van der Waals surface area contributed by atoms with Gasteiger partial charge in [0.15, 0.2) is 14.7 Å². The molecule has 2 aliphatic carbocycles. The summed E-state index contributed by atoms with van der Waals surface area (Å²) in [7, 11) is -3.49. The predicted octanol–water partition coefficient (Wildman–Crippen LogP) is 1.45. The lowest BCUT2D eigenvalue weighted by Crippen LogP contribution is -2.60. The number of hydrogen-bond donors (Lipinski definition) is 0. The van der Waals surface area contributed by atoms with E-state index in [-0.39, 0.29) is 41.0 Å². The van der Waals surface area contributed by atoms with E-state index in [1.54, 1.807) is 6.92 Å². The monoisotopic (exact) mass is 311 g/mol. The zero-order valence-electron chi connectivity index (χ0n) is 12.2. The standard InChI is InChI=1S/C15H21NO4S/c1-9-14(21(18,19)3-2-20-9)15(17)16-12-5-10-4-11(7-12)8-13(16)6-10/h10-13H,2-8H2,1H3. The molecule has 1 amide bonds. The van der Waals surface area contributed by atoms with Gasteiger partial charge in [-0.1, -0.05) is 0 Å². The molecule has 0 radical (unpaired) electrons. The molecule has 0 unspecified atom stereocenters. The predicted molar refractivity (Wildman–Crippen MR) is 76.9 cm³/mol. The fourth-order valence-corrected chi connectivity index (χ4v) is 6.33. The van der Waals surface area contributed by atoms with Crippen LogP contribution in [0.25, 0.3) is 0 Å². The molecule has 4 fully saturated rings. The first-order chi connectivity index (χ1) is 9.95. The Bertz CT molecular complexity index is 594. The van der Waals surface area contributed by atoms with Gasteiger partial charge in [0.05, 0.1) is 5.75 Å². The molecule has 5 rings (SSSR count). The summed E-state index contributed by atoms with van der Waals surface area (Å²) in [6.07, 6.45) is 5.49. The molecule has 0 N–H and O–H groups in total. The van der Waals surface area contributed by atoms with Crippen molar-refractivity contribution in [2.45, 2.75) is 51.1 Å². The molecule has 5 aliphatic rings. The van der Waals surface area contributed by atoms with Crippen LogP contribution in [0, 0.1) is 11.8 Å². The van der Waals surface area contributed by atoms with Gasteiger partial charge in [0.1, 0.15) is 12.4 Å². The van der Waals surface area contributed by atoms with Gasteiger partial charge < -0.3 is 9.64 Å². The van der Waals surface area contributed by atoms with E-state index in [1.807, 2.05) is 4.90 Å². The van der Waals surface area contributed by atoms with E-state index in [2.05, 4.69) is 0 Å². The summed E-state index contributed by atoms with van der Waals surface area (Å²) >= 11 is 0. The Morgan fingerprint density at radius 1 is 1.10 bits per heavy atom. The average molecular weight is 311 g/mol. The Balaban J connectivity index is 1.69. The average Bonchev–Trinajstić information content (AvgIpc) is 2.35. The number of sulfone groups is 1. The molecular weight excluding hydrogens is 290 g/mol. The van der Waals surface area contributed by atoms with Crippen LogP contribution in [0.3, 0.4) is 0 Å². The van der Waals surface area contributed by atoms with Crippen molar-refractivity contribution in [3.63, 3.8) is 0 Å². The van der Waals surface area contributed by atoms with Gasteiger partial charge >= 0.3 is 0 Å². The SMILES string of the molecule is CC1=C(C(=O)N2C3CC4CC(C3)CC2C4)S(=O)(=O)CCO1. The fraction of sp³-hybridized carbons (Fsp3) is 0.800. The van der Waals surface area contributed by atoms with Crippen LogP contribution >= 0.6 is 0 Å². The van der Waals surface area contributed by atoms with Gasteiger partial charge in [0.2, 0.25) is 0 Å². The van der Waals surface area contributed by atoms with Crippen molar-refractivity contribution in [1.82, 2.24) is 4.90 Å². The van der Waals surface area contributed by atoms with Crippen molar-refractivity contribution >= 4 is 15.7 Å². The first kappa shape index (κ1) is 13.6. The van der Waals surface area contributed by atoms with Gasteiger partial charge in [0.25, 0.3) is 5.91 Å². The molecule has 5 nitrogen and oxygen atoms in total. The summed E-state index contributed by atoms with van der Waals surface area (Å²) < 4.78 is 29.9. The van der Waals surface area contributed by atoms with Crippen molar-refractivity contribution in [2.75, 3.05) is 12.4 Å². The van der Waals surface area contributed by atoms with Gasteiger partial charge in [-0.05, 0) is 50.9 Å². The van der Waals surface area contributed by atoms with Gasteiger partial charge in [0, 0.05) is 12.1 Å². The maximum atomic E-state index is 12.9. The number of hydrogen-bond acceptors (Lipinski definition) is 4. The maximum absolute atomic E-state index is 12.9. The number of amides is 1. The first-order valence-corrected chi connectivity index (χ1v) is 9.50. The highest BCUT2D eigenvalue weighted by Crippen LogP contribution is 2.49. The second-order valence-corrected chi connectivity index (χ2v) is 9.03. The van der Waals surface area contributed by atoms with Crippen molar-refractivity contribution in [1.29, 1.82) is 0 Å². The molecule has 6 heteroatoms. The molecule has 0 aromatic carbocycles. The summed E-state index contributed by atoms with van der Waals surface area (Å²) in [6, 6.07) is 0.484. The summed E-state index contributed by atoms with van der Waals surface area (Å²) in [5.41, 5.74) is 0. The van der Waals surface area contributed by atoms with Gasteiger partial charge in [-0.3, -0.25) is 4.79 Å². The van der Waals surface area contributed by atoms with Crippen LogP contribution in [-0.2, 0) is 19.4 Å². The van der Waals surface area contributed by atoms with Crippen LogP contribution in [0.5, 0.6) is 0 Å². The second kappa shape index (κ2) is 4.48. The third kappa shape index (κ3) is 2.02. The van der Waals surface area contributed by atoms with Crippen LogP contribution in [-0.4, -0.2) is 43.7 Å². The van der Waals surface area contributed by atoms with E-state index >= 15 is 0 Å².